The maximum absolute atomic E-state index is 14.5. The fourth-order valence-electron chi connectivity index (χ4n) is 4.92. The predicted octanol–water partition coefficient (Wildman–Crippen LogP) is 6.40. The van der Waals surface area contributed by atoms with Crippen LogP contribution in [0.1, 0.15) is 36.5 Å². The fourth-order valence-corrected chi connectivity index (χ4v) is 6.66. The van der Waals surface area contributed by atoms with Crippen molar-refractivity contribution in [2.24, 2.45) is 0 Å². The van der Waals surface area contributed by atoms with E-state index in [9.17, 15) is 18.0 Å². The average molecular weight is 632 g/mol. The second-order valence-electron chi connectivity index (χ2n) is 10.6. The Morgan fingerprint density at radius 2 is 1.45 bits per heavy atom. The lowest BCUT2D eigenvalue weighted by Gasteiger charge is -2.34. The molecule has 0 fully saturated rings. The van der Waals surface area contributed by atoms with E-state index in [0.717, 1.165) is 33.8 Å². The third kappa shape index (κ3) is 8.27. The number of nitrogens with zero attached hydrogens (tertiary/aromatic N) is 2. The number of amides is 2. The van der Waals surface area contributed by atoms with Crippen LogP contribution >= 0.6 is 11.6 Å². The van der Waals surface area contributed by atoms with Gasteiger partial charge in [0.2, 0.25) is 11.8 Å². The first kappa shape index (κ1) is 32.8. The molecule has 0 heterocycles. The Morgan fingerprint density at radius 1 is 0.841 bits per heavy atom. The molecule has 0 bridgehead atoms. The van der Waals surface area contributed by atoms with Gasteiger partial charge < -0.3 is 10.2 Å². The minimum atomic E-state index is -4.21. The van der Waals surface area contributed by atoms with Gasteiger partial charge >= 0.3 is 0 Å². The number of hydrogen-bond acceptors (Lipinski definition) is 4. The van der Waals surface area contributed by atoms with Crippen molar-refractivity contribution in [1.82, 2.24) is 10.2 Å². The monoisotopic (exact) mass is 631 g/mol. The van der Waals surface area contributed by atoms with Crippen LogP contribution in [0.15, 0.2) is 114 Å². The second-order valence-corrected chi connectivity index (χ2v) is 12.8. The van der Waals surface area contributed by atoms with Crippen LogP contribution in [0.4, 0.5) is 5.69 Å². The van der Waals surface area contributed by atoms with Crippen molar-refractivity contribution in [3.05, 3.63) is 131 Å². The van der Waals surface area contributed by atoms with Gasteiger partial charge in [0, 0.05) is 19.5 Å². The molecular formula is C35H38ClN3O4S. The fraction of sp³-hybridized carbons (Fsp3) is 0.257. The number of anilines is 1. The summed E-state index contributed by atoms with van der Waals surface area (Å²) in [6, 6.07) is 30.7. The summed E-state index contributed by atoms with van der Waals surface area (Å²) in [5.74, 6) is -0.821. The number of hydrogen-bond donors (Lipinski definition) is 1. The minimum absolute atomic E-state index is 0.0244. The summed E-state index contributed by atoms with van der Waals surface area (Å²) in [6.07, 6.45) is 1.96. The first-order chi connectivity index (χ1) is 21.2. The lowest BCUT2D eigenvalue weighted by Crippen LogP contribution is -2.53. The lowest BCUT2D eigenvalue weighted by molar-refractivity contribution is -0.140. The summed E-state index contributed by atoms with van der Waals surface area (Å²) in [6.45, 7) is 4.02. The number of aryl methyl sites for hydroxylation is 1. The number of nitrogens with one attached hydrogen (secondary N) is 1. The number of unbranched alkanes of at least 4 members (excludes halogenated alkanes) is 1. The van der Waals surface area contributed by atoms with Crippen LogP contribution in [0.5, 0.6) is 0 Å². The Hall–Kier alpha value is -4.14. The Labute approximate surface area is 265 Å². The highest BCUT2D eigenvalue weighted by Crippen LogP contribution is 2.31. The van der Waals surface area contributed by atoms with Crippen molar-refractivity contribution < 1.29 is 18.0 Å². The number of rotatable bonds is 14. The molecule has 1 N–H and O–H groups in total. The Morgan fingerprint density at radius 3 is 2.11 bits per heavy atom. The maximum atomic E-state index is 14.5. The molecule has 0 saturated heterocycles. The molecule has 4 aromatic rings. The van der Waals surface area contributed by atoms with Crippen LogP contribution in [-0.4, -0.2) is 44.3 Å². The molecule has 9 heteroatoms. The number of para-hydroxylation sites is 1. The van der Waals surface area contributed by atoms with Crippen molar-refractivity contribution in [3.63, 3.8) is 0 Å². The number of benzene rings is 4. The van der Waals surface area contributed by atoms with E-state index < -0.39 is 28.5 Å². The molecule has 0 spiro atoms. The molecule has 0 unspecified atom stereocenters. The quantitative estimate of drug-likeness (QED) is 0.163. The Bertz CT molecular complexity index is 1650. The first-order valence-electron chi connectivity index (χ1n) is 14.7. The normalized spacial score (nSPS) is 11.9. The van der Waals surface area contributed by atoms with Gasteiger partial charge in [0.05, 0.1) is 15.6 Å². The highest BCUT2D eigenvalue weighted by molar-refractivity contribution is 7.92. The molecule has 0 aliphatic rings. The Balaban J connectivity index is 1.80. The van der Waals surface area contributed by atoms with Crippen molar-refractivity contribution in [2.75, 3.05) is 17.4 Å². The molecule has 0 saturated carbocycles. The number of carbonyl (C=O) groups is 2. The van der Waals surface area contributed by atoms with Crippen molar-refractivity contribution >= 4 is 39.1 Å². The van der Waals surface area contributed by atoms with Gasteiger partial charge in [-0.1, -0.05) is 110 Å². The van der Waals surface area contributed by atoms with E-state index >= 15 is 0 Å². The van der Waals surface area contributed by atoms with Crippen molar-refractivity contribution in [2.45, 2.75) is 50.6 Å². The van der Waals surface area contributed by atoms with E-state index in [0.29, 0.717) is 6.54 Å². The topological polar surface area (TPSA) is 86.8 Å². The van der Waals surface area contributed by atoms with Crippen LogP contribution in [-0.2, 0) is 32.6 Å². The summed E-state index contributed by atoms with van der Waals surface area (Å²) < 4.78 is 29.1. The Kier molecular flexibility index (Phi) is 11.6. The van der Waals surface area contributed by atoms with E-state index in [-0.39, 0.29) is 34.5 Å². The highest BCUT2D eigenvalue weighted by Gasteiger charge is 2.35. The number of sulfonamides is 1. The van der Waals surface area contributed by atoms with Gasteiger partial charge in [-0.2, -0.15) is 0 Å². The molecular weight excluding hydrogens is 594 g/mol. The lowest BCUT2D eigenvalue weighted by atomic mass is 10.0. The van der Waals surface area contributed by atoms with Gasteiger partial charge in [0.25, 0.3) is 10.0 Å². The molecule has 0 aliphatic heterocycles. The average Bonchev–Trinajstić information content (AvgIpc) is 3.03. The molecule has 44 heavy (non-hydrogen) atoms. The summed E-state index contributed by atoms with van der Waals surface area (Å²) >= 11 is 6.52. The first-order valence-corrected chi connectivity index (χ1v) is 16.5. The van der Waals surface area contributed by atoms with Gasteiger partial charge in [0.1, 0.15) is 12.6 Å². The van der Waals surface area contributed by atoms with Crippen LogP contribution in [0.25, 0.3) is 0 Å². The summed E-state index contributed by atoms with van der Waals surface area (Å²) in [5.41, 5.74) is 2.87. The molecule has 0 aromatic heterocycles. The molecule has 230 valence electrons. The molecule has 0 radical (unpaired) electrons. The largest absolute Gasteiger partial charge is 0.354 e. The summed E-state index contributed by atoms with van der Waals surface area (Å²) in [5, 5.41) is 3.19. The second kappa shape index (κ2) is 15.5. The third-order valence-corrected chi connectivity index (χ3v) is 9.53. The summed E-state index contributed by atoms with van der Waals surface area (Å²) in [4.78, 5) is 29.8. The number of halogens is 1. The summed E-state index contributed by atoms with van der Waals surface area (Å²) in [7, 11) is -4.21. The van der Waals surface area contributed by atoms with Gasteiger partial charge in [-0.3, -0.25) is 13.9 Å². The van der Waals surface area contributed by atoms with E-state index in [1.807, 2.05) is 68.4 Å². The zero-order valence-corrected chi connectivity index (χ0v) is 26.6. The molecule has 7 nitrogen and oxygen atoms in total. The molecule has 4 aromatic carbocycles. The molecule has 2 amide bonds. The van der Waals surface area contributed by atoms with Crippen LogP contribution < -0.4 is 9.62 Å². The molecule has 1 atom stereocenters. The van der Waals surface area contributed by atoms with Gasteiger partial charge in [0.15, 0.2) is 0 Å². The van der Waals surface area contributed by atoms with Gasteiger partial charge in [-0.25, -0.2) is 8.42 Å². The number of carbonyl (C=O) groups excluding carboxylic acids is 2. The zero-order chi connectivity index (χ0) is 31.5. The molecule has 0 aliphatic carbocycles. The van der Waals surface area contributed by atoms with E-state index in [1.54, 1.807) is 42.5 Å². The van der Waals surface area contributed by atoms with Crippen molar-refractivity contribution in [3.8, 4) is 0 Å². The standard InChI is InChI=1S/C35H38ClN3O4S/c1-3-4-23-37-35(41)33(24-28-16-7-5-8-17-28)38(25-29-18-12-11-15-27(29)2)34(40)26-39(32-22-14-13-21-31(32)36)44(42,43)30-19-9-6-10-20-30/h5-22,33H,3-4,23-26H2,1-2H3,(H,37,41)/t33-/m0/s1. The van der Waals surface area contributed by atoms with E-state index in [1.165, 1.54) is 17.0 Å². The van der Waals surface area contributed by atoms with E-state index in [2.05, 4.69) is 5.32 Å². The van der Waals surface area contributed by atoms with Crippen molar-refractivity contribution in [1.29, 1.82) is 0 Å². The SMILES string of the molecule is CCCCNC(=O)[C@H](Cc1ccccc1)N(Cc1ccccc1C)C(=O)CN(c1ccccc1Cl)S(=O)(=O)c1ccccc1. The van der Waals surface area contributed by atoms with Crippen LogP contribution in [0.2, 0.25) is 5.02 Å². The third-order valence-electron chi connectivity index (χ3n) is 7.43. The molecule has 4 rings (SSSR count). The van der Waals surface area contributed by atoms with Crippen LogP contribution in [0.3, 0.4) is 0 Å². The van der Waals surface area contributed by atoms with E-state index in [4.69, 9.17) is 11.6 Å². The van der Waals surface area contributed by atoms with Gasteiger partial charge in [-0.05, 0) is 54.3 Å². The highest BCUT2D eigenvalue weighted by atomic mass is 35.5. The zero-order valence-electron chi connectivity index (χ0n) is 25.0. The predicted molar refractivity (Wildman–Crippen MR) is 176 cm³/mol. The van der Waals surface area contributed by atoms with Crippen LogP contribution in [0, 0.1) is 6.92 Å². The maximum Gasteiger partial charge on any atom is 0.264 e. The van der Waals surface area contributed by atoms with Gasteiger partial charge in [-0.15, -0.1) is 0 Å². The minimum Gasteiger partial charge on any atom is -0.354 e. The smallest absolute Gasteiger partial charge is 0.264 e.